The molecular weight excluding hydrogens is 218 g/mol. The van der Waals surface area contributed by atoms with Gasteiger partial charge in [-0.05, 0) is 13.3 Å². The van der Waals surface area contributed by atoms with Crippen molar-refractivity contribution >= 4 is 11.4 Å². The predicted molar refractivity (Wildman–Crippen MR) is 63.6 cm³/mol. The Labute approximate surface area is 98.8 Å². The summed E-state index contributed by atoms with van der Waals surface area (Å²) < 4.78 is 1.62. The highest BCUT2D eigenvalue weighted by atomic mass is 16.1. The van der Waals surface area contributed by atoms with Crippen LogP contribution in [0.5, 0.6) is 0 Å². The molecule has 2 aromatic rings. The molecule has 2 heterocycles. The van der Waals surface area contributed by atoms with Gasteiger partial charge in [-0.3, -0.25) is 9.78 Å². The molecule has 0 saturated heterocycles. The van der Waals surface area contributed by atoms with Crippen molar-refractivity contribution in [2.45, 2.75) is 19.4 Å². The van der Waals surface area contributed by atoms with Gasteiger partial charge in [0.1, 0.15) is 0 Å². The van der Waals surface area contributed by atoms with Gasteiger partial charge in [-0.15, -0.1) is 0 Å². The van der Waals surface area contributed by atoms with Gasteiger partial charge in [-0.25, -0.2) is 4.52 Å². The van der Waals surface area contributed by atoms with Gasteiger partial charge >= 0.3 is 0 Å². The van der Waals surface area contributed by atoms with Gasteiger partial charge in [-0.1, -0.05) is 0 Å². The molecule has 1 unspecified atom stereocenters. The number of nitrogens with one attached hydrogen (secondary N) is 1. The van der Waals surface area contributed by atoms with Crippen LogP contribution >= 0.6 is 0 Å². The molecule has 0 saturated carbocycles. The van der Waals surface area contributed by atoms with Crippen molar-refractivity contribution in [3.8, 4) is 0 Å². The smallest absolute Gasteiger partial charge is 0.255 e. The van der Waals surface area contributed by atoms with Crippen LogP contribution in [0.2, 0.25) is 0 Å². The minimum Gasteiger partial charge on any atom is -0.352 e. The van der Waals surface area contributed by atoms with Gasteiger partial charge in [0.05, 0.1) is 23.5 Å². The molecule has 0 fully saturated rings. The zero-order valence-corrected chi connectivity index (χ0v) is 9.63. The third kappa shape index (κ3) is 2.59. The quantitative estimate of drug-likeness (QED) is 0.789. The van der Waals surface area contributed by atoms with Crippen molar-refractivity contribution in [2.75, 3.05) is 6.54 Å². The number of nitrogens with zero attached hydrogens (tertiary/aromatic N) is 3. The fourth-order valence-electron chi connectivity index (χ4n) is 1.52. The molecule has 1 atom stereocenters. The van der Waals surface area contributed by atoms with Gasteiger partial charge in [-0.2, -0.15) is 5.10 Å². The Morgan fingerprint density at radius 1 is 1.59 bits per heavy atom. The van der Waals surface area contributed by atoms with Crippen LogP contribution in [0.4, 0.5) is 0 Å². The highest BCUT2D eigenvalue weighted by Crippen LogP contribution is 2.07. The summed E-state index contributed by atoms with van der Waals surface area (Å²) in [6.07, 6.45) is 7.24. The second-order valence-corrected chi connectivity index (χ2v) is 3.99. The second-order valence-electron chi connectivity index (χ2n) is 3.99. The summed E-state index contributed by atoms with van der Waals surface area (Å²) >= 11 is 0. The minimum atomic E-state index is -0.145. The van der Waals surface area contributed by atoms with Gasteiger partial charge in [0.15, 0.2) is 0 Å². The van der Waals surface area contributed by atoms with Crippen molar-refractivity contribution < 1.29 is 4.79 Å². The Kier molecular flexibility index (Phi) is 3.34. The van der Waals surface area contributed by atoms with Crippen LogP contribution in [0, 0.1) is 0 Å². The molecule has 0 aliphatic rings. The monoisotopic (exact) mass is 233 g/mol. The number of hydrogen-bond donors (Lipinski definition) is 2. The lowest BCUT2D eigenvalue weighted by Gasteiger charge is -2.06. The van der Waals surface area contributed by atoms with Crippen molar-refractivity contribution in [3.05, 3.63) is 30.4 Å². The van der Waals surface area contributed by atoms with E-state index in [-0.39, 0.29) is 11.9 Å². The molecule has 1 amide bonds. The van der Waals surface area contributed by atoms with Crippen LogP contribution in [0.1, 0.15) is 23.7 Å². The lowest BCUT2D eigenvalue weighted by Crippen LogP contribution is -2.28. The van der Waals surface area contributed by atoms with Crippen LogP contribution < -0.4 is 11.1 Å². The SMILES string of the molecule is CC(N)CCNC(=O)c1cnn2ccncc12. The molecule has 0 bridgehead atoms. The summed E-state index contributed by atoms with van der Waals surface area (Å²) in [5.74, 6) is -0.145. The van der Waals surface area contributed by atoms with Crippen LogP contribution in [0.15, 0.2) is 24.8 Å². The van der Waals surface area contributed by atoms with Gasteiger partial charge in [0.25, 0.3) is 5.91 Å². The molecule has 6 nitrogen and oxygen atoms in total. The van der Waals surface area contributed by atoms with Gasteiger partial charge in [0.2, 0.25) is 0 Å². The van der Waals surface area contributed by atoms with Crippen molar-refractivity contribution in [1.29, 1.82) is 0 Å². The number of carbonyl (C=O) groups excluding carboxylic acids is 1. The Balaban J connectivity index is 2.09. The van der Waals surface area contributed by atoms with E-state index in [4.69, 9.17) is 5.73 Å². The van der Waals surface area contributed by atoms with Crippen LogP contribution in [-0.4, -0.2) is 33.1 Å². The number of hydrogen-bond acceptors (Lipinski definition) is 4. The molecule has 0 aliphatic carbocycles. The Bertz CT molecular complexity index is 519. The Hall–Kier alpha value is -1.95. The molecule has 90 valence electrons. The molecule has 3 N–H and O–H groups in total. The summed E-state index contributed by atoms with van der Waals surface area (Å²) in [5, 5.41) is 6.88. The fourth-order valence-corrected chi connectivity index (χ4v) is 1.52. The van der Waals surface area contributed by atoms with Crippen molar-refractivity contribution in [1.82, 2.24) is 19.9 Å². The number of nitrogens with two attached hydrogens (primary N) is 1. The molecule has 2 aromatic heterocycles. The van der Waals surface area contributed by atoms with Crippen LogP contribution in [0.25, 0.3) is 5.52 Å². The van der Waals surface area contributed by atoms with Crippen LogP contribution in [0.3, 0.4) is 0 Å². The largest absolute Gasteiger partial charge is 0.352 e. The molecular formula is C11H15N5O. The van der Waals surface area contributed by atoms with E-state index in [9.17, 15) is 4.79 Å². The summed E-state index contributed by atoms with van der Waals surface area (Å²) in [6.45, 7) is 2.47. The van der Waals surface area contributed by atoms with E-state index in [1.807, 2.05) is 6.92 Å². The summed E-state index contributed by atoms with van der Waals surface area (Å²) in [7, 11) is 0. The molecule has 6 heteroatoms. The average molecular weight is 233 g/mol. The number of amides is 1. The first-order valence-corrected chi connectivity index (χ1v) is 5.49. The van der Waals surface area contributed by atoms with E-state index in [1.165, 1.54) is 6.20 Å². The number of rotatable bonds is 4. The first-order chi connectivity index (χ1) is 8.18. The average Bonchev–Trinajstić information content (AvgIpc) is 2.72. The number of carbonyl (C=O) groups is 1. The first-order valence-electron chi connectivity index (χ1n) is 5.49. The van der Waals surface area contributed by atoms with E-state index in [1.54, 1.807) is 23.1 Å². The third-order valence-electron chi connectivity index (χ3n) is 2.45. The maximum absolute atomic E-state index is 11.9. The van der Waals surface area contributed by atoms with E-state index < -0.39 is 0 Å². The lowest BCUT2D eigenvalue weighted by molar-refractivity contribution is 0.0954. The minimum absolute atomic E-state index is 0.0841. The van der Waals surface area contributed by atoms with E-state index >= 15 is 0 Å². The summed E-state index contributed by atoms with van der Waals surface area (Å²) in [6, 6.07) is 0.0841. The standard InChI is InChI=1S/C11H15N5O/c1-8(12)2-3-14-11(17)9-6-15-16-5-4-13-7-10(9)16/h4-8H,2-3,12H2,1H3,(H,14,17). The van der Waals surface area contributed by atoms with Crippen LogP contribution in [-0.2, 0) is 0 Å². The van der Waals surface area contributed by atoms with Gasteiger partial charge < -0.3 is 11.1 Å². The molecule has 0 radical (unpaired) electrons. The first kappa shape index (κ1) is 11.5. The van der Waals surface area contributed by atoms with Gasteiger partial charge in [0, 0.05) is 25.0 Å². The molecule has 0 spiro atoms. The topological polar surface area (TPSA) is 85.3 Å². The summed E-state index contributed by atoms with van der Waals surface area (Å²) in [5.41, 5.74) is 6.84. The van der Waals surface area contributed by atoms with E-state index in [0.29, 0.717) is 17.6 Å². The lowest BCUT2D eigenvalue weighted by atomic mass is 10.2. The fraction of sp³-hybridized carbons (Fsp3) is 0.364. The third-order valence-corrected chi connectivity index (χ3v) is 2.45. The second kappa shape index (κ2) is 4.92. The number of aromatic nitrogens is 3. The maximum atomic E-state index is 11.9. The highest BCUT2D eigenvalue weighted by Gasteiger charge is 2.11. The zero-order valence-electron chi connectivity index (χ0n) is 9.63. The van der Waals surface area contributed by atoms with Crippen molar-refractivity contribution in [2.24, 2.45) is 5.73 Å². The zero-order chi connectivity index (χ0) is 12.3. The molecule has 0 aromatic carbocycles. The van der Waals surface area contributed by atoms with E-state index in [2.05, 4.69) is 15.4 Å². The highest BCUT2D eigenvalue weighted by molar-refractivity contribution is 6.00. The molecule has 0 aliphatic heterocycles. The predicted octanol–water partition coefficient (Wildman–Crippen LogP) is 0.196. The number of fused-ring (bicyclic) bond motifs is 1. The molecule has 17 heavy (non-hydrogen) atoms. The van der Waals surface area contributed by atoms with E-state index in [0.717, 1.165) is 6.42 Å². The normalized spacial score (nSPS) is 12.6. The van der Waals surface area contributed by atoms with Crippen molar-refractivity contribution in [3.63, 3.8) is 0 Å². The maximum Gasteiger partial charge on any atom is 0.255 e. The summed E-state index contributed by atoms with van der Waals surface area (Å²) in [4.78, 5) is 15.8. The Morgan fingerprint density at radius 2 is 2.41 bits per heavy atom. The Morgan fingerprint density at radius 3 is 3.18 bits per heavy atom. The molecule has 2 rings (SSSR count).